The molecule has 2 fully saturated rings. The lowest BCUT2D eigenvalue weighted by Crippen LogP contribution is -2.52. The second-order valence-corrected chi connectivity index (χ2v) is 19.6. The van der Waals surface area contributed by atoms with Gasteiger partial charge in [0.15, 0.2) is 5.13 Å². The Morgan fingerprint density at radius 2 is 1.82 bits per heavy atom. The highest BCUT2D eigenvalue weighted by molar-refractivity contribution is 8.00. The van der Waals surface area contributed by atoms with Crippen molar-refractivity contribution in [2.45, 2.75) is 100 Å². The van der Waals surface area contributed by atoms with Crippen molar-refractivity contribution in [1.82, 2.24) is 35.7 Å². The van der Waals surface area contributed by atoms with Crippen molar-refractivity contribution < 1.29 is 33.1 Å². The molecule has 0 radical (unpaired) electrons. The number of ether oxygens (including phenoxy) is 1. The molecule has 0 unspecified atom stereocenters. The number of benzene rings is 1. The summed E-state index contributed by atoms with van der Waals surface area (Å²) < 4.78 is 12.9. The molecular weight excluding hydrogens is 825 g/mol. The molecule has 0 bridgehead atoms. The highest BCUT2D eigenvalue weighted by Crippen LogP contribution is 2.35. The van der Waals surface area contributed by atoms with Crippen molar-refractivity contribution in [3.63, 3.8) is 0 Å². The third-order valence-corrected chi connectivity index (χ3v) is 13.9. The van der Waals surface area contributed by atoms with Crippen LogP contribution in [0.1, 0.15) is 97.3 Å². The highest BCUT2D eigenvalue weighted by atomic mass is 32.2. The van der Waals surface area contributed by atoms with Gasteiger partial charge in [-0.2, -0.15) is 0 Å². The molecule has 1 atom stereocenters. The smallest absolute Gasteiger partial charge is 0.256 e. The molecule has 3 aliphatic heterocycles. The van der Waals surface area contributed by atoms with Gasteiger partial charge < -0.3 is 30.0 Å². The Morgan fingerprint density at radius 1 is 1.03 bits per heavy atom. The number of likely N-dealkylation sites (tertiary alicyclic amines) is 1. The fourth-order valence-corrected chi connectivity index (χ4v) is 9.95. The maximum atomic E-state index is 13.0. The van der Waals surface area contributed by atoms with Crippen LogP contribution in [-0.2, 0) is 50.0 Å². The largest absolute Gasteiger partial charge is 0.488 e. The van der Waals surface area contributed by atoms with Crippen LogP contribution >= 0.6 is 34.4 Å². The van der Waals surface area contributed by atoms with Crippen LogP contribution in [0, 0.1) is 5.92 Å². The number of oxazole rings is 1. The maximum absolute atomic E-state index is 13.0. The average molecular weight is 877 g/mol. The molecule has 1 aromatic carbocycles. The van der Waals surface area contributed by atoms with E-state index in [0.29, 0.717) is 87.5 Å². The van der Waals surface area contributed by atoms with Crippen molar-refractivity contribution in [3.05, 3.63) is 75.3 Å². The topological polar surface area (TPSA) is 188 Å². The number of hydrogen-bond acceptors (Lipinski definition) is 14. The average Bonchev–Trinajstić information content (AvgIpc) is 4.03. The van der Waals surface area contributed by atoms with Crippen LogP contribution in [0.4, 0.5) is 5.13 Å². The Morgan fingerprint density at radius 3 is 2.57 bits per heavy atom. The van der Waals surface area contributed by atoms with Crippen LogP contribution in [0.3, 0.4) is 0 Å². The zero-order valence-corrected chi connectivity index (χ0v) is 36.6. The van der Waals surface area contributed by atoms with E-state index in [1.165, 1.54) is 22.7 Å². The van der Waals surface area contributed by atoms with Gasteiger partial charge in [0, 0.05) is 53.2 Å². The number of rotatable bonds is 18. The number of piperidine rings is 2. The molecule has 2 saturated heterocycles. The zero-order valence-electron chi connectivity index (χ0n) is 34.2. The summed E-state index contributed by atoms with van der Waals surface area (Å²) in [6.07, 6.45) is 7.30. The highest BCUT2D eigenvalue weighted by Gasteiger charge is 2.40. The standard InChI is InChI=1S/C42H52N8O7S3/c1-42(2,3)33-19-45-36(57-33)25-59-37-20-46-41(60-37)48-38(53)27-12-16-49(17-13-27)22-35(52)44-15-5-4-14-43-18-26-6-8-28(9-7-26)56-23-32-29-21-50(40(55)30(29)24-58-32)31-10-11-34(51)47-39(31)54/h6-9,19-20,24,27,31,43H,4-5,10-18,21-23,25H2,1-3H3,(H,44,52)(H,46,48,53)(H,47,51,54)/t31-/m0/s1. The lowest BCUT2D eigenvalue weighted by molar-refractivity contribution is -0.137. The molecule has 0 spiro atoms. The van der Waals surface area contributed by atoms with Crippen molar-refractivity contribution in [3.8, 4) is 5.75 Å². The van der Waals surface area contributed by atoms with E-state index in [-0.39, 0.29) is 41.4 Å². The third-order valence-electron chi connectivity index (χ3n) is 10.8. The summed E-state index contributed by atoms with van der Waals surface area (Å²) in [5.41, 5.74) is 2.53. The number of carbonyl (C=O) groups is 5. The predicted molar refractivity (Wildman–Crippen MR) is 230 cm³/mol. The summed E-state index contributed by atoms with van der Waals surface area (Å²) in [7, 11) is 0. The van der Waals surface area contributed by atoms with Gasteiger partial charge in [-0.3, -0.25) is 34.2 Å². The molecule has 15 nitrogen and oxygen atoms in total. The van der Waals surface area contributed by atoms with E-state index in [1.54, 1.807) is 29.1 Å². The number of imide groups is 1. The normalized spacial score (nSPS) is 17.5. The van der Waals surface area contributed by atoms with E-state index in [2.05, 4.69) is 56.9 Å². The molecule has 7 rings (SSSR count). The molecule has 4 aromatic rings. The lowest BCUT2D eigenvalue weighted by Gasteiger charge is -2.30. The summed E-state index contributed by atoms with van der Waals surface area (Å²) in [6.45, 7) is 10.8. The van der Waals surface area contributed by atoms with Crippen LogP contribution in [0.5, 0.6) is 5.75 Å². The number of nitrogens with one attached hydrogen (secondary N) is 4. The van der Waals surface area contributed by atoms with E-state index in [9.17, 15) is 24.0 Å². The molecule has 60 heavy (non-hydrogen) atoms. The van der Waals surface area contributed by atoms with Crippen LogP contribution in [-0.4, -0.2) is 88.1 Å². The zero-order chi connectivity index (χ0) is 42.2. The second-order valence-electron chi connectivity index (χ2n) is 16.3. The van der Waals surface area contributed by atoms with E-state index in [1.807, 2.05) is 29.6 Å². The predicted octanol–water partition coefficient (Wildman–Crippen LogP) is 5.46. The minimum absolute atomic E-state index is 0.00603. The maximum Gasteiger partial charge on any atom is 0.256 e. The number of hydrogen-bond donors (Lipinski definition) is 4. The van der Waals surface area contributed by atoms with Crippen molar-refractivity contribution in [2.75, 3.05) is 38.0 Å². The van der Waals surface area contributed by atoms with Crippen molar-refractivity contribution in [2.24, 2.45) is 5.92 Å². The van der Waals surface area contributed by atoms with Crippen LogP contribution in [0.15, 0.2) is 50.7 Å². The fourth-order valence-electron chi connectivity index (χ4n) is 7.27. The van der Waals surface area contributed by atoms with Crippen molar-refractivity contribution in [1.29, 1.82) is 0 Å². The van der Waals surface area contributed by atoms with Gasteiger partial charge in [0.2, 0.25) is 29.5 Å². The number of amides is 5. The van der Waals surface area contributed by atoms with Gasteiger partial charge in [0.25, 0.3) is 5.91 Å². The Bertz CT molecular complexity index is 2150. The Hall–Kier alpha value is -4.62. The van der Waals surface area contributed by atoms with E-state index in [4.69, 9.17) is 9.15 Å². The van der Waals surface area contributed by atoms with Crippen LogP contribution < -0.4 is 26.0 Å². The summed E-state index contributed by atoms with van der Waals surface area (Å²) in [5, 5.41) is 14.2. The Labute approximate surface area is 361 Å². The second kappa shape index (κ2) is 19.8. The minimum Gasteiger partial charge on any atom is -0.488 e. The first-order chi connectivity index (χ1) is 28.9. The number of unbranched alkanes of at least 4 members (excludes halogenated alkanes) is 1. The quantitative estimate of drug-likeness (QED) is 0.0563. The molecule has 320 valence electrons. The molecule has 6 heterocycles. The van der Waals surface area contributed by atoms with Gasteiger partial charge in [-0.15, -0.1) is 23.1 Å². The number of aromatic nitrogens is 2. The monoisotopic (exact) mass is 876 g/mol. The summed E-state index contributed by atoms with van der Waals surface area (Å²) in [6, 6.07) is 7.27. The Kier molecular flexibility index (Phi) is 14.4. The van der Waals surface area contributed by atoms with E-state index in [0.717, 1.165) is 51.1 Å². The summed E-state index contributed by atoms with van der Waals surface area (Å²) in [4.78, 5) is 75.9. The molecule has 4 N–H and O–H groups in total. The first-order valence-corrected chi connectivity index (χ1v) is 23.1. The number of nitrogens with zero attached hydrogens (tertiary/aromatic N) is 4. The molecule has 18 heteroatoms. The number of fused-ring (bicyclic) bond motifs is 1. The van der Waals surface area contributed by atoms with Gasteiger partial charge >= 0.3 is 0 Å². The number of anilines is 1. The molecule has 0 saturated carbocycles. The third kappa shape index (κ3) is 11.4. The summed E-state index contributed by atoms with van der Waals surface area (Å²) >= 11 is 4.51. The van der Waals surface area contributed by atoms with Gasteiger partial charge in [-0.25, -0.2) is 9.97 Å². The Balaban J connectivity index is 0.713. The van der Waals surface area contributed by atoms with Gasteiger partial charge in [-0.1, -0.05) is 44.2 Å². The molecule has 5 amide bonds. The van der Waals surface area contributed by atoms with Gasteiger partial charge in [0.05, 0.1) is 34.5 Å². The molecule has 3 aliphatic rings. The summed E-state index contributed by atoms with van der Waals surface area (Å²) in [5.74, 6) is 1.83. The van der Waals surface area contributed by atoms with E-state index >= 15 is 0 Å². The van der Waals surface area contributed by atoms with Crippen LogP contribution in [0.25, 0.3) is 0 Å². The number of carbonyl (C=O) groups excluding carboxylic acids is 5. The fraction of sp³-hybridized carbons (Fsp3) is 0.500. The first-order valence-electron chi connectivity index (χ1n) is 20.4. The first kappa shape index (κ1) is 43.5. The van der Waals surface area contributed by atoms with Gasteiger partial charge in [-0.05, 0) is 69.4 Å². The van der Waals surface area contributed by atoms with Gasteiger partial charge in [0.1, 0.15) is 24.2 Å². The number of thiazole rings is 1. The minimum atomic E-state index is -0.630. The van der Waals surface area contributed by atoms with Crippen molar-refractivity contribution >= 4 is 69.1 Å². The molecule has 3 aromatic heterocycles. The lowest BCUT2D eigenvalue weighted by atomic mass is 9.94. The molecular formula is C42H52N8O7S3. The number of thiophene rings is 1. The van der Waals surface area contributed by atoms with E-state index < -0.39 is 11.9 Å². The SMILES string of the molecule is CC(C)(C)c1cnc(CSc2cnc(NC(=O)C3CCN(CC(=O)NCCCCNCc4ccc(OCc5scc6c5CN([C@H]5CCC(=O)NC5=O)C6=O)cc4)CC3)s2)o1. The van der Waals surface area contributed by atoms with Crippen LogP contribution in [0.2, 0.25) is 0 Å². The molecule has 0 aliphatic carbocycles. The number of thioether (sulfide) groups is 1.